The van der Waals surface area contributed by atoms with Crippen molar-refractivity contribution in [2.24, 2.45) is 5.41 Å². The molecular weight excluding hydrogens is 352 g/mol. The van der Waals surface area contributed by atoms with Crippen LogP contribution in [0.5, 0.6) is 0 Å². The maximum absolute atomic E-state index is 13.6. The van der Waals surface area contributed by atoms with Gasteiger partial charge in [0.25, 0.3) is 11.1 Å². The van der Waals surface area contributed by atoms with Crippen LogP contribution >= 0.6 is 0 Å². The Balaban J connectivity index is 2.22. The van der Waals surface area contributed by atoms with Gasteiger partial charge in [-0.2, -0.15) is 0 Å². The lowest BCUT2D eigenvalue weighted by atomic mass is 9.63. The molecule has 4 rings (SSSR count). The van der Waals surface area contributed by atoms with E-state index < -0.39 is 17.2 Å². The van der Waals surface area contributed by atoms with Crippen LogP contribution in [0.15, 0.2) is 45.5 Å². The molecule has 1 aromatic heterocycles. The van der Waals surface area contributed by atoms with Gasteiger partial charge in [-0.15, -0.1) is 6.42 Å². The summed E-state index contributed by atoms with van der Waals surface area (Å²) in [5.41, 5.74) is -1.88. The lowest BCUT2D eigenvalue weighted by Crippen LogP contribution is -2.59. The number of aliphatic hydroxyl groups is 1. The predicted octanol–water partition coefficient (Wildman–Crippen LogP) is 2.95. The number of rotatable bonds is 1. The molecule has 5 nitrogen and oxygen atoms in total. The van der Waals surface area contributed by atoms with Gasteiger partial charge in [-0.05, 0) is 56.2 Å². The fraction of sp³-hybridized carbons (Fsp3) is 0.478. The molecule has 146 valence electrons. The molecule has 5 heteroatoms. The minimum absolute atomic E-state index is 0.164. The van der Waals surface area contributed by atoms with Crippen molar-refractivity contribution in [3.8, 4) is 12.3 Å². The van der Waals surface area contributed by atoms with Crippen molar-refractivity contribution < 1.29 is 5.11 Å². The van der Waals surface area contributed by atoms with Crippen LogP contribution in [0.1, 0.15) is 53.0 Å². The maximum Gasteiger partial charge on any atom is 0.274 e. The summed E-state index contributed by atoms with van der Waals surface area (Å²) < 4.78 is 2.97. The zero-order valence-electron chi connectivity index (χ0n) is 16.8. The van der Waals surface area contributed by atoms with E-state index in [1.165, 1.54) is 11.6 Å². The number of allylic oxidation sites excluding steroid dienone is 1. The highest BCUT2D eigenvalue weighted by molar-refractivity contribution is 5.80. The molecule has 1 aliphatic carbocycles. The molecule has 0 radical (unpaired) electrons. The molecule has 0 spiro atoms. The molecule has 1 N–H and O–H groups in total. The fourth-order valence-electron chi connectivity index (χ4n) is 5.21. The molecule has 3 atom stereocenters. The Morgan fingerprint density at radius 1 is 1.14 bits per heavy atom. The Bertz CT molecular complexity index is 1170. The zero-order valence-corrected chi connectivity index (χ0v) is 16.8. The number of fused-ring (bicyclic) bond motifs is 4. The quantitative estimate of drug-likeness (QED) is 0.613. The van der Waals surface area contributed by atoms with Gasteiger partial charge in [-0.3, -0.25) is 9.59 Å². The standard InChI is InChI=1S/C23H26N2O3/c1-6-23(5,28)18-14-17-21(2,3)12-9-13-22(17,4)25-20(27)16-11-8-7-10-15(16)19(26)24(18)25/h1,7-8,10-11,14,18,28H,9,12-13H2,2-5H3/t18-,22-,23+/m1/s1. The van der Waals surface area contributed by atoms with Crippen LogP contribution < -0.4 is 11.1 Å². The molecule has 1 aliphatic heterocycles. The summed E-state index contributed by atoms with van der Waals surface area (Å²) in [6.07, 6.45) is 10.3. The minimum atomic E-state index is -1.61. The summed E-state index contributed by atoms with van der Waals surface area (Å²) >= 11 is 0. The molecule has 1 saturated carbocycles. The monoisotopic (exact) mass is 378 g/mol. The van der Waals surface area contributed by atoms with E-state index in [9.17, 15) is 14.7 Å². The van der Waals surface area contributed by atoms with Crippen molar-refractivity contribution in [3.63, 3.8) is 0 Å². The highest BCUT2D eigenvalue weighted by Gasteiger charge is 2.50. The van der Waals surface area contributed by atoms with Gasteiger partial charge in [-0.1, -0.05) is 38.0 Å². The van der Waals surface area contributed by atoms with Gasteiger partial charge in [-0.25, -0.2) is 9.36 Å². The third kappa shape index (κ3) is 2.31. The average molecular weight is 378 g/mol. The molecule has 2 aliphatic rings. The fourth-order valence-corrected chi connectivity index (χ4v) is 5.21. The molecule has 1 fully saturated rings. The summed E-state index contributed by atoms with van der Waals surface area (Å²) in [6.45, 7) is 7.84. The molecule has 0 unspecified atom stereocenters. The van der Waals surface area contributed by atoms with E-state index in [1.54, 1.807) is 28.9 Å². The minimum Gasteiger partial charge on any atom is -0.375 e. The smallest absolute Gasteiger partial charge is 0.274 e. The summed E-state index contributed by atoms with van der Waals surface area (Å²) in [4.78, 5) is 27.1. The van der Waals surface area contributed by atoms with Crippen molar-refractivity contribution >= 4 is 10.8 Å². The van der Waals surface area contributed by atoms with Crippen molar-refractivity contribution in [2.75, 3.05) is 0 Å². The first-order valence-electron chi connectivity index (χ1n) is 9.74. The lowest BCUT2D eigenvalue weighted by molar-refractivity contribution is 0.0392. The topological polar surface area (TPSA) is 64.2 Å². The highest BCUT2D eigenvalue weighted by atomic mass is 16.3. The summed E-state index contributed by atoms with van der Waals surface area (Å²) in [7, 11) is 0. The molecule has 2 aromatic rings. The van der Waals surface area contributed by atoms with Gasteiger partial charge in [0, 0.05) is 0 Å². The van der Waals surface area contributed by atoms with Crippen LogP contribution in [0.2, 0.25) is 0 Å². The number of benzene rings is 1. The van der Waals surface area contributed by atoms with Crippen molar-refractivity contribution in [1.82, 2.24) is 9.36 Å². The van der Waals surface area contributed by atoms with Gasteiger partial charge in [0.2, 0.25) is 0 Å². The Hall–Kier alpha value is -2.58. The molecular formula is C23H26N2O3. The Labute approximate surface area is 164 Å². The summed E-state index contributed by atoms with van der Waals surface area (Å²) in [5, 5.41) is 11.7. The van der Waals surface area contributed by atoms with E-state index in [2.05, 4.69) is 19.8 Å². The lowest BCUT2D eigenvalue weighted by Gasteiger charge is -2.52. The molecule has 0 bridgehead atoms. The third-order valence-electron chi connectivity index (χ3n) is 6.70. The maximum atomic E-state index is 13.6. The second kappa shape index (κ2) is 5.71. The Morgan fingerprint density at radius 2 is 1.75 bits per heavy atom. The van der Waals surface area contributed by atoms with Crippen LogP contribution in [0.3, 0.4) is 0 Å². The van der Waals surface area contributed by atoms with Crippen molar-refractivity contribution in [2.45, 2.75) is 64.1 Å². The van der Waals surface area contributed by atoms with Gasteiger partial charge >= 0.3 is 0 Å². The molecule has 0 saturated heterocycles. The summed E-state index contributed by atoms with van der Waals surface area (Å²) in [5.74, 6) is 2.42. The molecule has 0 amide bonds. The number of hydrogen-bond donors (Lipinski definition) is 1. The zero-order chi connectivity index (χ0) is 20.5. The number of nitrogens with zero attached hydrogens (tertiary/aromatic N) is 2. The van der Waals surface area contributed by atoms with E-state index in [1.807, 2.05) is 13.0 Å². The first-order chi connectivity index (χ1) is 13.0. The largest absolute Gasteiger partial charge is 0.375 e. The first-order valence-corrected chi connectivity index (χ1v) is 9.74. The van der Waals surface area contributed by atoms with E-state index in [0.717, 1.165) is 24.8 Å². The molecule has 1 aromatic carbocycles. The van der Waals surface area contributed by atoms with E-state index in [4.69, 9.17) is 6.42 Å². The summed E-state index contributed by atoms with van der Waals surface area (Å²) in [6, 6.07) is 6.04. The normalized spacial score (nSPS) is 27.9. The van der Waals surface area contributed by atoms with E-state index in [0.29, 0.717) is 10.8 Å². The number of hydrogen-bond acceptors (Lipinski definition) is 3. The van der Waals surface area contributed by atoms with Crippen LogP contribution in [-0.4, -0.2) is 20.1 Å². The SMILES string of the molecule is C#C[C@](C)(O)[C@H]1C=C2C(C)(C)CCC[C@@]2(C)n2c(=O)c3ccccc3c(=O)n21. The Kier molecular flexibility index (Phi) is 3.83. The van der Waals surface area contributed by atoms with Gasteiger partial charge < -0.3 is 5.11 Å². The van der Waals surface area contributed by atoms with Gasteiger partial charge in [0.1, 0.15) is 11.6 Å². The highest BCUT2D eigenvalue weighted by Crippen LogP contribution is 2.52. The van der Waals surface area contributed by atoms with Crippen LogP contribution in [0.4, 0.5) is 0 Å². The second-order valence-electron chi connectivity index (χ2n) is 9.14. The van der Waals surface area contributed by atoms with Crippen LogP contribution in [0, 0.1) is 17.8 Å². The van der Waals surface area contributed by atoms with Crippen LogP contribution in [-0.2, 0) is 5.54 Å². The second-order valence-corrected chi connectivity index (χ2v) is 9.14. The van der Waals surface area contributed by atoms with Gasteiger partial charge in [0.15, 0.2) is 0 Å². The van der Waals surface area contributed by atoms with E-state index in [-0.39, 0.29) is 16.5 Å². The molecule has 2 heterocycles. The van der Waals surface area contributed by atoms with Crippen LogP contribution in [0.25, 0.3) is 10.8 Å². The molecule has 28 heavy (non-hydrogen) atoms. The van der Waals surface area contributed by atoms with E-state index >= 15 is 0 Å². The van der Waals surface area contributed by atoms with Crippen molar-refractivity contribution in [1.29, 1.82) is 0 Å². The number of terminal acetylenes is 1. The van der Waals surface area contributed by atoms with Gasteiger partial charge in [0.05, 0.1) is 16.3 Å². The first kappa shape index (κ1) is 18.8. The third-order valence-corrected chi connectivity index (χ3v) is 6.70. The number of aromatic nitrogens is 2. The Morgan fingerprint density at radius 3 is 2.36 bits per heavy atom. The van der Waals surface area contributed by atoms with Crippen molar-refractivity contribution in [3.05, 3.63) is 56.6 Å². The predicted molar refractivity (Wildman–Crippen MR) is 110 cm³/mol. The average Bonchev–Trinajstić information content (AvgIpc) is 2.64.